The molecule has 2 aliphatic rings. The Morgan fingerprint density at radius 1 is 1.03 bits per heavy atom. The second-order valence-corrected chi connectivity index (χ2v) is 9.40. The van der Waals surface area contributed by atoms with Crippen molar-refractivity contribution in [3.8, 4) is 5.75 Å². The van der Waals surface area contributed by atoms with Crippen molar-refractivity contribution >= 4 is 33.1 Å². The van der Waals surface area contributed by atoms with Gasteiger partial charge in [0.15, 0.2) is 5.82 Å². The minimum Gasteiger partial charge on any atom is -0.495 e. The molecule has 0 bridgehead atoms. The van der Waals surface area contributed by atoms with Crippen LogP contribution in [-0.2, 0) is 14.8 Å². The summed E-state index contributed by atoms with van der Waals surface area (Å²) in [6.07, 6.45) is 1.75. The van der Waals surface area contributed by atoms with Gasteiger partial charge in [0.2, 0.25) is 10.0 Å². The molecule has 0 aliphatic carbocycles. The molecule has 0 spiro atoms. The number of methoxy groups -OCH3 is 1. The van der Waals surface area contributed by atoms with Crippen LogP contribution in [0, 0.1) is 0 Å². The lowest BCUT2D eigenvalue weighted by Gasteiger charge is -2.35. The van der Waals surface area contributed by atoms with Gasteiger partial charge in [0.25, 0.3) is 0 Å². The molecule has 0 radical (unpaired) electrons. The molecule has 2 aliphatic heterocycles. The zero-order chi connectivity index (χ0) is 21.1. The first-order valence-electron chi connectivity index (χ1n) is 9.73. The van der Waals surface area contributed by atoms with Crippen LogP contribution in [0.3, 0.4) is 0 Å². The van der Waals surface area contributed by atoms with E-state index in [2.05, 4.69) is 20.0 Å². The van der Waals surface area contributed by atoms with Crippen LogP contribution in [0.15, 0.2) is 35.4 Å². The normalized spacial score (nSPS) is 18.5. The maximum absolute atomic E-state index is 13.0. The van der Waals surface area contributed by atoms with Gasteiger partial charge in [-0.2, -0.15) is 9.40 Å². The Morgan fingerprint density at radius 2 is 1.77 bits per heavy atom. The maximum atomic E-state index is 13.0. The fourth-order valence-electron chi connectivity index (χ4n) is 3.61. The van der Waals surface area contributed by atoms with Crippen LogP contribution < -0.4 is 14.5 Å². The third kappa shape index (κ3) is 4.31. The van der Waals surface area contributed by atoms with Gasteiger partial charge in [-0.25, -0.2) is 8.42 Å². The van der Waals surface area contributed by atoms with Crippen molar-refractivity contribution in [1.29, 1.82) is 0 Å². The Bertz CT molecular complexity index is 992. The summed E-state index contributed by atoms with van der Waals surface area (Å²) in [4.78, 5) is 4.44. The SMILES string of the molecule is COc1ccc(S(=O)(=O)N2CCN(c3cc(N4CCOCC4)cnn3)CC2)cc1Cl. The molecule has 2 fully saturated rings. The van der Waals surface area contributed by atoms with Crippen molar-refractivity contribution in [3.63, 3.8) is 0 Å². The number of anilines is 2. The first-order valence-corrected chi connectivity index (χ1v) is 11.5. The van der Waals surface area contributed by atoms with E-state index in [0.29, 0.717) is 45.1 Å². The van der Waals surface area contributed by atoms with Gasteiger partial charge < -0.3 is 19.3 Å². The van der Waals surface area contributed by atoms with Gasteiger partial charge in [0, 0.05) is 45.3 Å². The number of hydrogen-bond acceptors (Lipinski definition) is 8. The minimum absolute atomic E-state index is 0.163. The van der Waals surface area contributed by atoms with E-state index < -0.39 is 10.0 Å². The predicted molar refractivity (Wildman–Crippen MR) is 114 cm³/mol. The van der Waals surface area contributed by atoms with E-state index >= 15 is 0 Å². The average molecular weight is 454 g/mol. The number of ether oxygens (including phenoxy) is 2. The number of hydrogen-bond donors (Lipinski definition) is 0. The van der Waals surface area contributed by atoms with Gasteiger partial charge in [-0.3, -0.25) is 0 Å². The molecule has 4 rings (SSSR count). The molecule has 2 saturated heterocycles. The summed E-state index contributed by atoms with van der Waals surface area (Å²) in [6, 6.07) is 6.52. The summed E-state index contributed by atoms with van der Waals surface area (Å²) < 4.78 is 38.0. The van der Waals surface area contributed by atoms with Crippen LogP contribution in [0.1, 0.15) is 0 Å². The fourth-order valence-corrected chi connectivity index (χ4v) is 5.38. The van der Waals surface area contributed by atoms with Crippen molar-refractivity contribution in [2.75, 3.05) is 69.4 Å². The molecule has 3 heterocycles. The van der Waals surface area contributed by atoms with Gasteiger partial charge in [0.05, 0.1) is 42.1 Å². The number of morpholine rings is 1. The Kier molecular flexibility index (Phi) is 6.28. The van der Waals surface area contributed by atoms with Crippen molar-refractivity contribution in [1.82, 2.24) is 14.5 Å². The third-order valence-electron chi connectivity index (χ3n) is 5.33. The number of rotatable bonds is 5. The molecule has 9 nitrogen and oxygen atoms in total. The summed E-state index contributed by atoms with van der Waals surface area (Å²) in [5.74, 6) is 1.20. The average Bonchev–Trinajstić information content (AvgIpc) is 2.80. The lowest BCUT2D eigenvalue weighted by atomic mass is 10.3. The van der Waals surface area contributed by atoms with E-state index in [1.807, 2.05) is 6.07 Å². The molecular weight excluding hydrogens is 430 g/mol. The zero-order valence-corrected chi connectivity index (χ0v) is 18.3. The Morgan fingerprint density at radius 3 is 2.43 bits per heavy atom. The van der Waals surface area contributed by atoms with Crippen molar-refractivity contribution in [2.45, 2.75) is 4.90 Å². The summed E-state index contributed by atoms with van der Waals surface area (Å²) in [7, 11) is -2.14. The molecular formula is C19H24ClN5O4S. The summed E-state index contributed by atoms with van der Waals surface area (Å²) in [5, 5.41) is 8.67. The van der Waals surface area contributed by atoms with Crippen molar-refractivity contribution in [2.24, 2.45) is 0 Å². The van der Waals surface area contributed by atoms with Gasteiger partial charge in [-0.15, -0.1) is 5.10 Å². The highest BCUT2D eigenvalue weighted by molar-refractivity contribution is 7.89. The van der Waals surface area contributed by atoms with Gasteiger partial charge in [-0.05, 0) is 18.2 Å². The van der Waals surface area contributed by atoms with Crippen molar-refractivity contribution in [3.05, 3.63) is 35.5 Å². The molecule has 1 aromatic heterocycles. The first kappa shape index (κ1) is 21.1. The lowest BCUT2D eigenvalue weighted by molar-refractivity contribution is 0.122. The molecule has 0 saturated carbocycles. The number of halogens is 1. The highest BCUT2D eigenvalue weighted by atomic mass is 35.5. The van der Waals surface area contributed by atoms with E-state index in [9.17, 15) is 8.42 Å². The smallest absolute Gasteiger partial charge is 0.243 e. The van der Waals surface area contributed by atoms with Crippen LogP contribution in [0.25, 0.3) is 0 Å². The molecule has 0 amide bonds. The van der Waals surface area contributed by atoms with Gasteiger partial charge in [0.1, 0.15) is 5.75 Å². The predicted octanol–water partition coefficient (Wildman–Crippen LogP) is 1.49. The molecule has 162 valence electrons. The Labute approximate surface area is 181 Å². The second kappa shape index (κ2) is 8.93. The summed E-state index contributed by atoms with van der Waals surface area (Å²) in [6.45, 7) is 4.82. The molecule has 0 atom stereocenters. The number of sulfonamides is 1. The Balaban J connectivity index is 1.44. The number of aromatic nitrogens is 2. The number of piperazine rings is 1. The molecule has 2 aromatic rings. The largest absolute Gasteiger partial charge is 0.495 e. The van der Waals surface area contributed by atoms with Gasteiger partial charge >= 0.3 is 0 Å². The van der Waals surface area contributed by atoms with E-state index in [4.69, 9.17) is 21.1 Å². The minimum atomic E-state index is -3.63. The summed E-state index contributed by atoms with van der Waals surface area (Å²) in [5.41, 5.74) is 1.01. The summed E-state index contributed by atoms with van der Waals surface area (Å²) >= 11 is 6.11. The molecule has 30 heavy (non-hydrogen) atoms. The maximum Gasteiger partial charge on any atom is 0.243 e. The first-order chi connectivity index (χ1) is 14.5. The quantitative estimate of drug-likeness (QED) is 0.672. The molecule has 1 aromatic carbocycles. The van der Waals surface area contributed by atoms with E-state index in [-0.39, 0.29) is 9.92 Å². The third-order valence-corrected chi connectivity index (χ3v) is 7.52. The molecule has 0 N–H and O–H groups in total. The monoisotopic (exact) mass is 453 g/mol. The standard InChI is InChI=1S/C19H24ClN5O4S/c1-28-18-3-2-16(13-17(18)20)30(26,27)25-6-4-24(5-7-25)19-12-15(14-21-22-19)23-8-10-29-11-9-23/h2-3,12-14H,4-11H2,1H3. The zero-order valence-electron chi connectivity index (χ0n) is 16.7. The lowest BCUT2D eigenvalue weighted by Crippen LogP contribution is -2.49. The van der Waals surface area contributed by atoms with Gasteiger partial charge in [-0.1, -0.05) is 11.6 Å². The number of benzene rings is 1. The van der Waals surface area contributed by atoms with Crippen LogP contribution >= 0.6 is 11.6 Å². The van der Waals surface area contributed by atoms with Crippen molar-refractivity contribution < 1.29 is 17.9 Å². The van der Waals surface area contributed by atoms with Crippen LogP contribution in [-0.4, -0.2) is 82.5 Å². The Hall–Kier alpha value is -2.14. The van der Waals surface area contributed by atoms with E-state index in [0.717, 1.165) is 24.6 Å². The van der Waals surface area contributed by atoms with Crippen LogP contribution in [0.5, 0.6) is 5.75 Å². The van der Waals surface area contributed by atoms with Crippen LogP contribution in [0.2, 0.25) is 5.02 Å². The second-order valence-electron chi connectivity index (χ2n) is 7.06. The topological polar surface area (TPSA) is 88.1 Å². The van der Waals surface area contributed by atoms with Crippen LogP contribution in [0.4, 0.5) is 11.5 Å². The highest BCUT2D eigenvalue weighted by Crippen LogP contribution is 2.29. The fraction of sp³-hybridized carbons (Fsp3) is 0.474. The van der Waals surface area contributed by atoms with E-state index in [1.54, 1.807) is 12.3 Å². The molecule has 11 heteroatoms. The van der Waals surface area contributed by atoms with E-state index in [1.165, 1.54) is 23.5 Å². The molecule has 0 unspecified atom stereocenters. The number of nitrogens with zero attached hydrogens (tertiary/aromatic N) is 5. The highest BCUT2D eigenvalue weighted by Gasteiger charge is 2.30.